The molecule has 0 aliphatic carbocycles. The highest BCUT2D eigenvalue weighted by Gasteiger charge is 2.46. The van der Waals surface area contributed by atoms with E-state index in [4.69, 9.17) is 4.74 Å². The molecule has 0 unspecified atom stereocenters. The van der Waals surface area contributed by atoms with Crippen molar-refractivity contribution in [3.05, 3.63) is 22.4 Å². The lowest BCUT2D eigenvalue weighted by Gasteiger charge is -2.50. The third-order valence-electron chi connectivity index (χ3n) is 4.88. The van der Waals surface area contributed by atoms with Crippen LogP contribution in [0, 0.1) is 0 Å². The molecule has 2 aliphatic heterocycles. The molecule has 1 aromatic heterocycles. The molecule has 0 aromatic carbocycles. The van der Waals surface area contributed by atoms with Gasteiger partial charge in [-0.3, -0.25) is 9.69 Å². The maximum atomic E-state index is 11.7. The van der Waals surface area contributed by atoms with Gasteiger partial charge < -0.3 is 9.64 Å². The van der Waals surface area contributed by atoms with Gasteiger partial charge in [-0.15, -0.1) is 11.3 Å². The molecule has 1 aromatic rings. The van der Waals surface area contributed by atoms with Crippen LogP contribution >= 0.6 is 11.3 Å². The third-order valence-corrected chi connectivity index (χ3v) is 5.74. The Labute approximate surface area is 124 Å². The number of carbonyl (C=O) groups excluding carboxylic acids is 1. The number of piperidine rings is 1. The summed E-state index contributed by atoms with van der Waals surface area (Å²) in [5.41, 5.74) is -0.130. The number of thiophene rings is 1. The van der Waals surface area contributed by atoms with Crippen LogP contribution in [0.3, 0.4) is 0 Å². The van der Waals surface area contributed by atoms with Crippen LogP contribution in [0.4, 0.5) is 0 Å². The highest BCUT2D eigenvalue weighted by Crippen LogP contribution is 2.35. The normalized spacial score (nSPS) is 27.2. The van der Waals surface area contributed by atoms with Gasteiger partial charge in [-0.05, 0) is 31.2 Å². The Morgan fingerprint density at radius 3 is 2.85 bits per heavy atom. The average Bonchev–Trinajstić information content (AvgIpc) is 2.96. The highest BCUT2D eigenvalue weighted by atomic mass is 32.1. The van der Waals surface area contributed by atoms with Gasteiger partial charge in [0.2, 0.25) is 5.91 Å². The molecule has 110 valence electrons. The maximum absolute atomic E-state index is 11.7. The molecule has 3 heterocycles. The van der Waals surface area contributed by atoms with Crippen LogP contribution in [-0.4, -0.2) is 54.1 Å². The second-order valence-electron chi connectivity index (χ2n) is 5.89. The van der Waals surface area contributed by atoms with Crippen LogP contribution in [-0.2, 0) is 16.1 Å². The third kappa shape index (κ3) is 2.50. The van der Waals surface area contributed by atoms with Crippen molar-refractivity contribution in [3.63, 3.8) is 0 Å². The molecule has 20 heavy (non-hydrogen) atoms. The molecular weight excluding hydrogens is 272 g/mol. The number of hydrogen-bond donors (Lipinski definition) is 0. The number of hydrogen-bond acceptors (Lipinski definition) is 4. The molecular formula is C15H22N2O2S. The first-order chi connectivity index (χ1) is 9.61. The summed E-state index contributed by atoms with van der Waals surface area (Å²) in [4.78, 5) is 17.5. The van der Waals surface area contributed by atoms with Crippen molar-refractivity contribution < 1.29 is 9.53 Å². The lowest BCUT2D eigenvalue weighted by molar-refractivity contribution is -0.183. The maximum Gasteiger partial charge on any atom is 0.248 e. The van der Waals surface area contributed by atoms with Crippen LogP contribution in [0.1, 0.15) is 24.6 Å². The monoisotopic (exact) mass is 294 g/mol. The van der Waals surface area contributed by atoms with E-state index in [1.54, 1.807) is 0 Å². The summed E-state index contributed by atoms with van der Waals surface area (Å²) >= 11 is 1.82. The molecule has 0 bridgehead atoms. The van der Waals surface area contributed by atoms with Gasteiger partial charge in [0.05, 0.1) is 11.6 Å². The predicted octanol–water partition coefficient (Wildman–Crippen LogP) is 1.96. The van der Waals surface area contributed by atoms with Gasteiger partial charge in [-0.1, -0.05) is 6.07 Å². The van der Waals surface area contributed by atoms with Gasteiger partial charge in [0, 0.05) is 31.6 Å². The Morgan fingerprint density at radius 1 is 1.45 bits per heavy atom. The van der Waals surface area contributed by atoms with E-state index in [1.165, 1.54) is 4.88 Å². The largest absolute Gasteiger partial charge is 0.363 e. The summed E-state index contributed by atoms with van der Waals surface area (Å²) in [6.07, 6.45) is 2.02. The van der Waals surface area contributed by atoms with Crippen molar-refractivity contribution in [2.24, 2.45) is 0 Å². The van der Waals surface area contributed by atoms with Gasteiger partial charge in [-0.2, -0.15) is 0 Å². The standard InChI is InChI=1S/C15H22N2O2S/c1-12-15(19-11-14(18)16(12)2)5-7-17(8-6-15)10-13-4-3-9-20-13/h3-4,9,12H,5-8,10-11H2,1-2H3/t12-/m0/s1. The second kappa shape index (κ2) is 5.47. The van der Waals surface area contributed by atoms with Crippen molar-refractivity contribution in [2.75, 3.05) is 26.7 Å². The quantitative estimate of drug-likeness (QED) is 0.836. The van der Waals surface area contributed by atoms with E-state index in [0.29, 0.717) is 0 Å². The molecule has 5 heteroatoms. The SMILES string of the molecule is C[C@@H]1N(C)C(=O)COC12CCN(Cc1cccs1)CC2. The van der Waals surface area contributed by atoms with E-state index < -0.39 is 0 Å². The fraction of sp³-hybridized carbons (Fsp3) is 0.667. The predicted molar refractivity (Wildman–Crippen MR) is 79.7 cm³/mol. The van der Waals surface area contributed by atoms with Gasteiger partial charge in [0.15, 0.2) is 0 Å². The van der Waals surface area contributed by atoms with Crippen molar-refractivity contribution in [1.29, 1.82) is 0 Å². The number of nitrogens with zero attached hydrogens (tertiary/aromatic N) is 2. The first kappa shape index (κ1) is 14.0. The lowest BCUT2D eigenvalue weighted by Crippen LogP contribution is -2.62. The van der Waals surface area contributed by atoms with E-state index >= 15 is 0 Å². The molecule has 0 saturated carbocycles. The summed E-state index contributed by atoms with van der Waals surface area (Å²) in [5, 5.41) is 2.13. The Balaban J connectivity index is 1.61. The van der Waals surface area contributed by atoms with E-state index in [9.17, 15) is 4.79 Å². The van der Waals surface area contributed by atoms with Crippen LogP contribution in [0.25, 0.3) is 0 Å². The van der Waals surface area contributed by atoms with Crippen LogP contribution < -0.4 is 0 Å². The van der Waals surface area contributed by atoms with Crippen LogP contribution in [0.5, 0.6) is 0 Å². The summed E-state index contributed by atoms with van der Waals surface area (Å²) < 4.78 is 5.97. The molecule has 1 atom stereocenters. The Kier molecular flexibility index (Phi) is 3.84. The van der Waals surface area contributed by atoms with E-state index in [-0.39, 0.29) is 24.2 Å². The van der Waals surface area contributed by atoms with Crippen LogP contribution in [0.2, 0.25) is 0 Å². The number of likely N-dealkylation sites (tertiary alicyclic amines) is 1. The van der Waals surface area contributed by atoms with Crippen molar-refractivity contribution >= 4 is 17.2 Å². The van der Waals surface area contributed by atoms with Gasteiger partial charge in [0.25, 0.3) is 0 Å². The number of ether oxygens (including phenoxy) is 1. The zero-order valence-corrected chi connectivity index (χ0v) is 13.0. The van der Waals surface area contributed by atoms with E-state index in [1.807, 2.05) is 23.3 Å². The summed E-state index contributed by atoms with van der Waals surface area (Å²) in [7, 11) is 1.90. The van der Waals surface area contributed by atoms with E-state index in [2.05, 4.69) is 29.3 Å². The molecule has 2 saturated heterocycles. The molecule has 2 fully saturated rings. The number of amides is 1. The molecule has 0 N–H and O–H groups in total. The van der Waals surface area contributed by atoms with Gasteiger partial charge >= 0.3 is 0 Å². The first-order valence-corrected chi connectivity index (χ1v) is 8.13. The number of morpholine rings is 1. The molecule has 4 nitrogen and oxygen atoms in total. The minimum Gasteiger partial charge on any atom is -0.363 e. The highest BCUT2D eigenvalue weighted by molar-refractivity contribution is 7.09. The second-order valence-corrected chi connectivity index (χ2v) is 6.92. The smallest absolute Gasteiger partial charge is 0.248 e. The van der Waals surface area contributed by atoms with Crippen molar-refractivity contribution in [2.45, 2.75) is 38.0 Å². The summed E-state index contributed by atoms with van der Waals surface area (Å²) in [6, 6.07) is 4.48. The van der Waals surface area contributed by atoms with Crippen LogP contribution in [0.15, 0.2) is 17.5 Å². The Hall–Kier alpha value is -0.910. The zero-order valence-electron chi connectivity index (χ0n) is 12.2. The van der Waals surface area contributed by atoms with Crippen molar-refractivity contribution in [1.82, 2.24) is 9.80 Å². The van der Waals surface area contributed by atoms with Crippen molar-refractivity contribution in [3.8, 4) is 0 Å². The fourth-order valence-corrected chi connectivity index (χ4v) is 4.02. The summed E-state index contributed by atoms with van der Waals surface area (Å²) in [5.74, 6) is 0.101. The van der Waals surface area contributed by atoms with E-state index in [0.717, 1.165) is 32.5 Å². The Bertz CT molecular complexity index is 466. The molecule has 0 radical (unpaired) electrons. The topological polar surface area (TPSA) is 32.8 Å². The first-order valence-electron chi connectivity index (χ1n) is 7.25. The minimum atomic E-state index is -0.130. The Morgan fingerprint density at radius 2 is 2.20 bits per heavy atom. The number of carbonyl (C=O) groups is 1. The molecule has 3 rings (SSSR count). The lowest BCUT2D eigenvalue weighted by atomic mass is 9.83. The number of rotatable bonds is 2. The fourth-order valence-electron chi connectivity index (χ4n) is 3.27. The zero-order chi connectivity index (χ0) is 14.2. The summed E-state index contributed by atoms with van der Waals surface area (Å²) in [6.45, 7) is 5.49. The minimum absolute atomic E-state index is 0.101. The molecule has 1 spiro atoms. The van der Waals surface area contributed by atoms with Gasteiger partial charge in [0.1, 0.15) is 6.61 Å². The van der Waals surface area contributed by atoms with Gasteiger partial charge in [-0.25, -0.2) is 0 Å². The molecule has 1 amide bonds. The average molecular weight is 294 g/mol. The molecule has 2 aliphatic rings. The number of likely N-dealkylation sites (N-methyl/N-ethyl adjacent to an activating group) is 1.